The predicted octanol–water partition coefficient (Wildman–Crippen LogP) is 3.48. The van der Waals surface area contributed by atoms with Crippen LogP contribution in [-0.2, 0) is 19.1 Å². The molecule has 0 saturated heterocycles. The SMILES string of the molecule is COC(=O)C1=C(C)NC(C)=C(C(=O)OC(C)(C)CN(C)CCC(c2ccccc2)c2ccccc2)C1c1cccc([N+](=O)[O-])c1.[Cl-]. The number of allylic oxidation sites excluding steroid dienone is 2. The molecule has 4 rings (SSSR count). The Morgan fingerprint density at radius 2 is 1.46 bits per heavy atom. The van der Waals surface area contributed by atoms with E-state index in [2.05, 4.69) is 58.7 Å². The van der Waals surface area contributed by atoms with Crippen molar-refractivity contribution in [1.82, 2.24) is 10.2 Å². The quantitative estimate of drug-likeness (QED) is 0.181. The van der Waals surface area contributed by atoms with Gasteiger partial charge in [-0.05, 0) is 64.4 Å². The topological polar surface area (TPSA) is 111 Å². The molecule has 0 fully saturated rings. The van der Waals surface area contributed by atoms with E-state index in [4.69, 9.17) is 9.47 Å². The minimum atomic E-state index is -0.919. The second-order valence-electron chi connectivity index (χ2n) is 12.0. The van der Waals surface area contributed by atoms with Gasteiger partial charge in [-0.25, -0.2) is 9.59 Å². The third kappa shape index (κ3) is 8.62. The minimum Gasteiger partial charge on any atom is -1.00 e. The van der Waals surface area contributed by atoms with Crippen molar-refractivity contribution in [1.29, 1.82) is 0 Å². The Hall–Kier alpha value is -4.47. The number of carbonyl (C=O) groups excluding carboxylic acids is 2. The second kappa shape index (κ2) is 15.7. The molecule has 3 aromatic carbocycles. The molecule has 1 heterocycles. The van der Waals surface area contributed by atoms with E-state index in [1.165, 1.54) is 36.4 Å². The van der Waals surface area contributed by atoms with Crippen LogP contribution in [0, 0.1) is 10.1 Å². The van der Waals surface area contributed by atoms with Gasteiger partial charge in [0.15, 0.2) is 0 Å². The van der Waals surface area contributed by atoms with E-state index in [-0.39, 0.29) is 35.2 Å². The highest BCUT2D eigenvalue weighted by atomic mass is 35.5. The molecule has 0 saturated carbocycles. The summed E-state index contributed by atoms with van der Waals surface area (Å²) in [5.41, 5.74) is 3.24. The molecule has 9 nitrogen and oxygen atoms in total. The Morgan fingerprint density at radius 3 is 1.98 bits per heavy atom. The van der Waals surface area contributed by atoms with E-state index in [1.807, 2.05) is 33.0 Å². The highest BCUT2D eigenvalue weighted by molar-refractivity contribution is 6.00. The van der Waals surface area contributed by atoms with Crippen molar-refractivity contribution in [3.05, 3.63) is 134 Å². The first-order valence-corrected chi connectivity index (χ1v) is 14.9. The second-order valence-corrected chi connectivity index (χ2v) is 12.0. The van der Waals surface area contributed by atoms with Gasteiger partial charge in [0.2, 0.25) is 0 Å². The van der Waals surface area contributed by atoms with Crippen LogP contribution < -0.4 is 17.7 Å². The lowest BCUT2D eigenvalue weighted by Gasteiger charge is -2.34. The maximum atomic E-state index is 14.0. The number of nitrogens with zero attached hydrogens (tertiary/aromatic N) is 2. The van der Waals surface area contributed by atoms with Crippen LogP contribution in [-0.4, -0.2) is 54.6 Å². The highest BCUT2D eigenvalue weighted by Crippen LogP contribution is 2.40. The van der Waals surface area contributed by atoms with Gasteiger partial charge in [-0.1, -0.05) is 72.8 Å². The number of nitro groups is 1. The number of nitro benzene ring substituents is 1. The first-order valence-electron chi connectivity index (χ1n) is 14.9. The summed E-state index contributed by atoms with van der Waals surface area (Å²) in [5, 5.41) is 14.7. The van der Waals surface area contributed by atoms with Gasteiger partial charge in [0.1, 0.15) is 5.60 Å². The zero-order chi connectivity index (χ0) is 32.7. The van der Waals surface area contributed by atoms with E-state index < -0.39 is 28.4 Å². The number of hydrogen-bond donors (Lipinski definition) is 1. The summed E-state index contributed by atoms with van der Waals surface area (Å²) in [6.45, 7) is 8.34. The number of carbonyl (C=O) groups is 2. The molecule has 1 unspecified atom stereocenters. The molecule has 1 atom stereocenters. The van der Waals surface area contributed by atoms with Crippen molar-refractivity contribution in [3.63, 3.8) is 0 Å². The number of methoxy groups -OCH3 is 1. The molecule has 244 valence electrons. The van der Waals surface area contributed by atoms with Gasteiger partial charge < -0.3 is 32.1 Å². The monoisotopic (exact) mass is 646 g/mol. The summed E-state index contributed by atoms with van der Waals surface area (Å²) in [7, 11) is 3.26. The first-order chi connectivity index (χ1) is 21.4. The fraction of sp³-hybridized carbons (Fsp3) is 0.333. The lowest BCUT2D eigenvalue weighted by atomic mass is 9.80. The zero-order valence-corrected chi connectivity index (χ0v) is 27.8. The fourth-order valence-electron chi connectivity index (χ4n) is 6.11. The smallest absolute Gasteiger partial charge is 0.337 e. The Bertz CT molecular complexity index is 1560. The van der Waals surface area contributed by atoms with E-state index >= 15 is 0 Å². The van der Waals surface area contributed by atoms with Crippen LogP contribution in [0.4, 0.5) is 5.69 Å². The molecule has 0 bridgehead atoms. The number of hydrogen-bond acceptors (Lipinski definition) is 8. The van der Waals surface area contributed by atoms with Gasteiger partial charge in [-0.2, -0.15) is 0 Å². The van der Waals surface area contributed by atoms with Gasteiger partial charge in [0.05, 0.1) is 29.1 Å². The van der Waals surface area contributed by atoms with Crippen LogP contribution >= 0.6 is 0 Å². The fourth-order valence-corrected chi connectivity index (χ4v) is 6.11. The molecular formula is C36H41ClN3O6-. The minimum absolute atomic E-state index is 0. The summed E-state index contributed by atoms with van der Waals surface area (Å²) < 4.78 is 11.2. The highest BCUT2D eigenvalue weighted by Gasteiger charge is 2.40. The molecule has 1 N–H and O–H groups in total. The van der Waals surface area contributed by atoms with Gasteiger partial charge in [0, 0.05) is 36.0 Å². The number of benzene rings is 3. The average Bonchev–Trinajstić information content (AvgIpc) is 3.01. The van der Waals surface area contributed by atoms with Crippen molar-refractivity contribution in [2.24, 2.45) is 0 Å². The molecule has 0 amide bonds. The number of halogens is 1. The zero-order valence-electron chi connectivity index (χ0n) is 27.1. The number of non-ortho nitro benzene ring substituents is 1. The molecular weight excluding hydrogens is 606 g/mol. The number of ether oxygens (including phenoxy) is 2. The number of likely N-dealkylation sites (N-methyl/N-ethyl adjacent to an activating group) is 1. The summed E-state index contributed by atoms with van der Waals surface area (Å²) >= 11 is 0. The van der Waals surface area contributed by atoms with Crippen LogP contribution in [0.15, 0.2) is 107 Å². The molecule has 0 spiro atoms. The molecule has 1 aliphatic rings. The van der Waals surface area contributed by atoms with Crippen molar-refractivity contribution < 1.29 is 36.4 Å². The largest absolute Gasteiger partial charge is 1.00 e. The third-order valence-corrected chi connectivity index (χ3v) is 8.02. The average molecular weight is 647 g/mol. The first kappa shape index (κ1) is 36.0. The van der Waals surface area contributed by atoms with Crippen molar-refractivity contribution >= 4 is 17.6 Å². The molecule has 0 radical (unpaired) electrons. The van der Waals surface area contributed by atoms with Crippen molar-refractivity contribution in [2.45, 2.75) is 51.6 Å². The summed E-state index contributed by atoms with van der Waals surface area (Å²) in [6.07, 6.45) is 0.865. The van der Waals surface area contributed by atoms with E-state index in [1.54, 1.807) is 19.9 Å². The Balaban J connectivity index is 0.00000576. The van der Waals surface area contributed by atoms with Crippen LogP contribution in [0.2, 0.25) is 0 Å². The molecule has 46 heavy (non-hydrogen) atoms. The van der Waals surface area contributed by atoms with Gasteiger partial charge in [-0.3, -0.25) is 10.1 Å². The molecule has 3 aromatic rings. The number of nitrogens with one attached hydrogen (secondary N) is 1. The Kier molecular flexibility index (Phi) is 12.3. The van der Waals surface area contributed by atoms with E-state index in [0.717, 1.165) is 13.0 Å². The normalized spacial score (nSPS) is 14.9. The third-order valence-electron chi connectivity index (χ3n) is 8.02. The van der Waals surface area contributed by atoms with Crippen LogP contribution in [0.1, 0.15) is 62.6 Å². The molecule has 10 heteroatoms. The van der Waals surface area contributed by atoms with Crippen molar-refractivity contribution in [2.75, 3.05) is 27.2 Å². The summed E-state index contributed by atoms with van der Waals surface area (Å²) in [4.78, 5) is 40.2. The maximum absolute atomic E-state index is 14.0. The standard InChI is InChI=1S/C36H41N3O6.ClH/c1-24-31(34(40)44-6)33(28-18-13-19-29(22-28)39(42)43)32(25(2)37-24)35(41)45-36(3,4)23-38(5)21-20-30(26-14-9-7-10-15-26)27-16-11-8-12-17-27;/h7-19,22,30,33,37H,20-21,23H2,1-6H3;1H/p-1. The number of rotatable bonds is 12. The Labute approximate surface area is 276 Å². The number of dihydropyridines is 1. The van der Waals surface area contributed by atoms with E-state index in [0.29, 0.717) is 23.5 Å². The van der Waals surface area contributed by atoms with Crippen molar-refractivity contribution in [3.8, 4) is 0 Å². The van der Waals surface area contributed by atoms with Crippen LogP contribution in [0.5, 0.6) is 0 Å². The van der Waals surface area contributed by atoms with Gasteiger partial charge >= 0.3 is 11.9 Å². The van der Waals surface area contributed by atoms with Crippen LogP contribution in [0.3, 0.4) is 0 Å². The Morgan fingerprint density at radius 1 is 0.913 bits per heavy atom. The summed E-state index contributed by atoms with van der Waals surface area (Å²) in [6, 6.07) is 26.8. The molecule has 0 aromatic heterocycles. The van der Waals surface area contributed by atoms with Gasteiger partial charge in [-0.15, -0.1) is 0 Å². The maximum Gasteiger partial charge on any atom is 0.337 e. The lowest BCUT2D eigenvalue weighted by Crippen LogP contribution is -3.00. The van der Waals surface area contributed by atoms with Gasteiger partial charge in [0.25, 0.3) is 5.69 Å². The summed E-state index contributed by atoms with van der Waals surface area (Å²) in [5.74, 6) is -1.96. The predicted molar refractivity (Wildman–Crippen MR) is 173 cm³/mol. The lowest BCUT2D eigenvalue weighted by molar-refractivity contribution is -0.384. The van der Waals surface area contributed by atoms with E-state index in [9.17, 15) is 19.7 Å². The molecule has 0 aliphatic carbocycles. The molecule has 1 aliphatic heterocycles. The van der Waals surface area contributed by atoms with Crippen LogP contribution in [0.25, 0.3) is 0 Å². The number of esters is 2.